The molecule has 6 bridgehead atoms. The average Bonchev–Trinajstić information content (AvgIpc) is 3.29. The van der Waals surface area contributed by atoms with Gasteiger partial charge >= 0.3 is 6.03 Å². The SMILES string of the molecule is CS(=O)(=O)N1[C@H]2CC[C@H]1CN(c1ccc(N3CCN(C(=O)NC4C5CC6CC4CC(C(N)=O)(C6)C5)c4ccccc43)cc1)C2. The number of rotatable bonds is 5. The molecule has 3 amide bonds. The van der Waals surface area contributed by atoms with E-state index in [1.807, 2.05) is 23.1 Å². The smallest absolute Gasteiger partial charge is 0.322 e. The van der Waals surface area contributed by atoms with Gasteiger partial charge in [0.1, 0.15) is 0 Å². The van der Waals surface area contributed by atoms with Gasteiger partial charge in [-0.15, -0.1) is 0 Å². The summed E-state index contributed by atoms with van der Waals surface area (Å²) in [6, 6.07) is 16.8. The summed E-state index contributed by atoms with van der Waals surface area (Å²) in [5.74, 6) is 1.03. The van der Waals surface area contributed by atoms with Crippen LogP contribution in [-0.4, -0.2) is 75.2 Å². The van der Waals surface area contributed by atoms with E-state index >= 15 is 0 Å². The van der Waals surface area contributed by atoms with E-state index in [1.54, 1.807) is 4.31 Å². The van der Waals surface area contributed by atoms with Crippen molar-refractivity contribution < 1.29 is 18.0 Å². The van der Waals surface area contributed by atoms with Crippen LogP contribution in [0.5, 0.6) is 0 Å². The Labute approximate surface area is 259 Å². The van der Waals surface area contributed by atoms with E-state index in [4.69, 9.17) is 5.73 Å². The number of amides is 3. The molecule has 3 N–H and O–H groups in total. The summed E-state index contributed by atoms with van der Waals surface area (Å²) in [6.07, 6.45) is 7.83. The fraction of sp³-hybridized carbons (Fsp3) is 0.576. The molecule has 0 spiro atoms. The molecule has 4 aliphatic carbocycles. The number of para-hydroxylation sites is 2. The second-order valence-corrected chi connectivity index (χ2v) is 16.2. The maximum absolute atomic E-state index is 13.8. The Hall–Kier alpha value is -3.31. The van der Waals surface area contributed by atoms with Crippen molar-refractivity contribution >= 4 is 44.7 Å². The fourth-order valence-corrected chi connectivity index (χ4v) is 11.5. The van der Waals surface area contributed by atoms with Crippen LogP contribution in [0.3, 0.4) is 0 Å². The number of nitrogens with one attached hydrogen (secondary N) is 1. The molecule has 7 aliphatic rings. The first-order valence-electron chi connectivity index (χ1n) is 16.2. The number of nitrogens with zero attached hydrogens (tertiary/aromatic N) is 4. The zero-order valence-electron chi connectivity index (χ0n) is 25.3. The zero-order chi connectivity index (χ0) is 30.4. The van der Waals surface area contributed by atoms with E-state index in [2.05, 4.69) is 45.4 Å². The lowest BCUT2D eigenvalue weighted by Crippen LogP contribution is -2.63. The number of primary amides is 1. The number of urea groups is 1. The summed E-state index contributed by atoms with van der Waals surface area (Å²) in [4.78, 5) is 32.7. The van der Waals surface area contributed by atoms with Crippen molar-refractivity contribution in [1.29, 1.82) is 0 Å². The third kappa shape index (κ3) is 4.49. The van der Waals surface area contributed by atoms with E-state index < -0.39 is 10.0 Å². The molecule has 4 atom stereocenters. The van der Waals surface area contributed by atoms with Crippen LogP contribution in [0.2, 0.25) is 0 Å². The summed E-state index contributed by atoms with van der Waals surface area (Å²) >= 11 is 0. The largest absolute Gasteiger partial charge is 0.369 e. The lowest BCUT2D eigenvalue weighted by molar-refractivity contribution is -0.145. The van der Waals surface area contributed by atoms with E-state index in [0.717, 1.165) is 67.7 Å². The van der Waals surface area contributed by atoms with E-state index in [9.17, 15) is 18.0 Å². The van der Waals surface area contributed by atoms with Gasteiger partial charge in [0.15, 0.2) is 0 Å². The molecule has 2 aromatic rings. The van der Waals surface area contributed by atoms with Crippen molar-refractivity contribution in [2.75, 3.05) is 47.1 Å². The first-order chi connectivity index (χ1) is 21.1. The molecular formula is C33H42N6O4S. The minimum atomic E-state index is -3.20. The summed E-state index contributed by atoms with van der Waals surface area (Å²) in [5, 5.41) is 3.42. The van der Waals surface area contributed by atoms with Gasteiger partial charge in [-0.2, -0.15) is 4.31 Å². The highest BCUT2D eigenvalue weighted by Crippen LogP contribution is 2.60. The molecule has 2 saturated heterocycles. The highest BCUT2D eigenvalue weighted by molar-refractivity contribution is 7.88. The Balaban J connectivity index is 0.974. The second-order valence-electron chi connectivity index (χ2n) is 14.3. The molecule has 11 heteroatoms. The van der Waals surface area contributed by atoms with E-state index in [1.165, 1.54) is 6.26 Å². The Morgan fingerprint density at radius 1 is 0.864 bits per heavy atom. The van der Waals surface area contributed by atoms with Crippen molar-refractivity contribution in [1.82, 2.24) is 9.62 Å². The Bertz CT molecular complexity index is 1570. The average molecular weight is 619 g/mol. The van der Waals surface area contributed by atoms with Crippen LogP contribution in [-0.2, 0) is 14.8 Å². The van der Waals surface area contributed by atoms with Crippen LogP contribution in [0.25, 0.3) is 0 Å². The lowest BCUT2D eigenvalue weighted by atomic mass is 9.47. The van der Waals surface area contributed by atoms with Crippen LogP contribution in [0.4, 0.5) is 27.5 Å². The second kappa shape index (κ2) is 10.1. The molecule has 9 rings (SSSR count). The minimum Gasteiger partial charge on any atom is -0.369 e. The maximum Gasteiger partial charge on any atom is 0.322 e. The molecule has 3 heterocycles. The topological polar surface area (TPSA) is 119 Å². The molecule has 6 fully saturated rings. The van der Waals surface area contributed by atoms with Crippen molar-refractivity contribution in [3.8, 4) is 0 Å². The molecule has 44 heavy (non-hydrogen) atoms. The summed E-state index contributed by atoms with van der Waals surface area (Å²) in [5.41, 5.74) is 9.59. The van der Waals surface area contributed by atoms with E-state index in [0.29, 0.717) is 43.9 Å². The zero-order valence-corrected chi connectivity index (χ0v) is 26.1. The number of anilines is 4. The Kier molecular flexibility index (Phi) is 6.47. The van der Waals surface area contributed by atoms with Gasteiger partial charge < -0.3 is 20.9 Å². The highest BCUT2D eigenvalue weighted by Gasteiger charge is 2.58. The van der Waals surface area contributed by atoms with Crippen LogP contribution in [0.1, 0.15) is 44.9 Å². The number of carbonyl (C=O) groups is 2. The molecule has 4 saturated carbocycles. The number of benzene rings is 2. The number of fused-ring (bicyclic) bond motifs is 3. The Morgan fingerprint density at radius 2 is 1.48 bits per heavy atom. The summed E-state index contributed by atoms with van der Waals surface area (Å²) in [7, 11) is -3.20. The lowest BCUT2D eigenvalue weighted by Gasteiger charge is -2.59. The summed E-state index contributed by atoms with van der Waals surface area (Å²) in [6.45, 7) is 2.67. The van der Waals surface area contributed by atoms with Crippen LogP contribution in [0, 0.1) is 23.2 Å². The third-order valence-corrected chi connectivity index (χ3v) is 13.0. The van der Waals surface area contributed by atoms with Crippen molar-refractivity contribution in [3.63, 3.8) is 0 Å². The standard InChI is InChI=1S/C33H42N6O4S/c1-44(42,43)39-26-10-11-27(39)20-36(19-26)24-6-8-25(9-7-24)37-12-13-38(29-5-3-2-4-28(29)37)32(41)35-30-22-14-21-15-23(30)18-33(16-21,17-22)31(34)40/h2-9,21-23,26-27,30H,10-20H2,1H3,(H2,34,40)(H,35,41)/t21?,22?,23?,26-,27-,30?,33?/m0/s1. The molecule has 0 aromatic heterocycles. The first kappa shape index (κ1) is 28.2. The monoisotopic (exact) mass is 618 g/mol. The van der Waals surface area contributed by atoms with E-state index in [-0.39, 0.29) is 35.5 Å². The number of sulfonamides is 1. The molecular weight excluding hydrogens is 576 g/mol. The number of piperazine rings is 1. The molecule has 3 aliphatic heterocycles. The third-order valence-electron chi connectivity index (χ3n) is 11.7. The summed E-state index contributed by atoms with van der Waals surface area (Å²) < 4.78 is 26.4. The number of hydrogen-bond donors (Lipinski definition) is 2. The molecule has 2 aromatic carbocycles. The number of hydrogen-bond acceptors (Lipinski definition) is 6. The molecule has 0 radical (unpaired) electrons. The van der Waals surface area contributed by atoms with Gasteiger partial charge in [-0.05, 0) is 99.1 Å². The molecule has 2 unspecified atom stereocenters. The van der Waals surface area contributed by atoms with Gasteiger partial charge in [0.25, 0.3) is 0 Å². The first-order valence-corrected chi connectivity index (χ1v) is 18.0. The number of carbonyl (C=O) groups excluding carboxylic acids is 2. The van der Waals surface area contributed by atoms with Crippen molar-refractivity contribution in [2.24, 2.45) is 28.9 Å². The molecule has 234 valence electrons. The predicted molar refractivity (Wildman–Crippen MR) is 170 cm³/mol. The van der Waals surface area contributed by atoms with Crippen molar-refractivity contribution in [3.05, 3.63) is 48.5 Å². The van der Waals surface area contributed by atoms with Crippen LogP contribution in [0.15, 0.2) is 48.5 Å². The van der Waals surface area contributed by atoms with Gasteiger partial charge in [-0.25, -0.2) is 13.2 Å². The number of nitrogens with two attached hydrogens (primary N) is 1. The maximum atomic E-state index is 13.8. The van der Waals surface area contributed by atoms with Crippen LogP contribution < -0.4 is 25.8 Å². The minimum absolute atomic E-state index is 0.0395. The van der Waals surface area contributed by atoms with Crippen molar-refractivity contribution in [2.45, 2.75) is 63.1 Å². The normalized spacial score (nSPS) is 34.2. The Morgan fingerprint density at radius 3 is 2.09 bits per heavy atom. The quantitative estimate of drug-likeness (QED) is 0.528. The van der Waals surface area contributed by atoms with Gasteiger partial charge in [0, 0.05) is 61.1 Å². The van der Waals surface area contributed by atoms with Gasteiger partial charge in [-0.3, -0.25) is 9.69 Å². The van der Waals surface area contributed by atoms with Gasteiger partial charge in [0.05, 0.1) is 17.6 Å². The predicted octanol–water partition coefficient (Wildman–Crippen LogP) is 3.65. The fourth-order valence-electron chi connectivity index (χ4n) is 10.1. The van der Waals surface area contributed by atoms with Gasteiger partial charge in [-0.1, -0.05) is 12.1 Å². The highest BCUT2D eigenvalue weighted by atomic mass is 32.2. The molecule has 10 nitrogen and oxygen atoms in total. The van der Waals surface area contributed by atoms with Crippen LogP contribution >= 0.6 is 0 Å². The van der Waals surface area contributed by atoms with Gasteiger partial charge in [0.2, 0.25) is 15.9 Å².